The first kappa shape index (κ1) is 20.9. The number of para-hydroxylation sites is 1. The summed E-state index contributed by atoms with van der Waals surface area (Å²) in [6, 6.07) is 17.8. The quantitative estimate of drug-likeness (QED) is 0.723. The van der Waals surface area contributed by atoms with Crippen LogP contribution in [0.15, 0.2) is 54.6 Å². The summed E-state index contributed by atoms with van der Waals surface area (Å²) in [7, 11) is 1.60. The first-order valence-corrected chi connectivity index (χ1v) is 10.9. The minimum absolute atomic E-state index is 0.0269. The summed E-state index contributed by atoms with van der Waals surface area (Å²) in [5.41, 5.74) is 1.58. The van der Waals surface area contributed by atoms with Gasteiger partial charge in [-0.05, 0) is 37.5 Å². The molecule has 0 aromatic heterocycles. The number of nitrogens with zero attached hydrogens (tertiary/aromatic N) is 1. The van der Waals surface area contributed by atoms with E-state index in [0.29, 0.717) is 31.0 Å². The fourth-order valence-corrected chi connectivity index (χ4v) is 4.80. The van der Waals surface area contributed by atoms with Crippen LogP contribution in [0.5, 0.6) is 5.75 Å². The van der Waals surface area contributed by atoms with Crippen LogP contribution in [0.2, 0.25) is 0 Å². The van der Waals surface area contributed by atoms with E-state index in [1.54, 1.807) is 7.11 Å². The zero-order valence-corrected chi connectivity index (χ0v) is 17.9. The van der Waals surface area contributed by atoms with Crippen molar-refractivity contribution in [3.63, 3.8) is 0 Å². The lowest BCUT2D eigenvalue weighted by molar-refractivity contribution is -0.190. The second-order valence-corrected chi connectivity index (χ2v) is 8.21. The van der Waals surface area contributed by atoms with E-state index < -0.39 is 0 Å². The Kier molecular flexibility index (Phi) is 6.40. The highest BCUT2D eigenvalue weighted by atomic mass is 16.5. The number of amides is 1. The summed E-state index contributed by atoms with van der Waals surface area (Å²) < 4.78 is 18.2. The minimum atomic E-state index is -0.240. The van der Waals surface area contributed by atoms with Crippen LogP contribution in [0.4, 0.5) is 0 Å². The fraction of sp³-hybridized carbons (Fsp3) is 0.480. The molecular weight excluding hydrogens is 378 g/mol. The van der Waals surface area contributed by atoms with E-state index in [4.69, 9.17) is 14.2 Å². The maximum absolute atomic E-state index is 13.1. The Bertz CT molecular complexity index is 845. The molecule has 0 bridgehead atoms. The number of carbonyl (C=O) groups excluding carboxylic acids is 1. The van der Waals surface area contributed by atoms with Crippen molar-refractivity contribution in [1.29, 1.82) is 0 Å². The number of hydrogen-bond donors (Lipinski definition) is 0. The third kappa shape index (κ3) is 4.37. The normalized spacial score (nSPS) is 23.3. The van der Waals surface area contributed by atoms with Crippen molar-refractivity contribution in [3.8, 4) is 5.75 Å². The molecule has 1 amide bonds. The Labute approximate surface area is 178 Å². The van der Waals surface area contributed by atoms with Gasteiger partial charge in [-0.2, -0.15) is 0 Å². The number of methoxy groups -OCH3 is 1. The molecule has 2 heterocycles. The first-order chi connectivity index (χ1) is 14.6. The topological polar surface area (TPSA) is 48.0 Å². The van der Waals surface area contributed by atoms with E-state index in [0.717, 1.165) is 25.7 Å². The minimum Gasteiger partial charge on any atom is -0.496 e. The maximum Gasteiger partial charge on any atom is 0.257 e. The molecule has 0 saturated carbocycles. The van der Waals surface area contributed by atoms with E-state index in [2.05, 4.69) is 24.3 Å². The summed E-state index contributed by atoms with van der Waals surface area (Å²) in [6.07, 6.45) is 3.63. The lowest BCUT2D eigenvalue weighted by atomic mass is 9.80. The van der Waals surface area contributed by atoms with Gasteiger partial charge < -0.3 is 19.1 Å². The Balaban J connectivity index is 1.48. The monoisotopic (exact) mass is 409 g/mol. The van der Waals surface area contributed by atoms with Gasteiger partial charge in [0.25, 0.3) is 5.91 Å². The van der Waals surface area contributed by atoms with Gasteiger partial charge in [-0.25, -0.2) is 0 Å². The number of benzene rings is 2. The number of piperidine rings is 1. The number of ether oxygens (including phenoxy) is 3. The SMILES string of the molecule is CCOC1CC(c2ccccc2)OC2(CCN(C(=O)c3ccccc3OC)CC2)C1. The molecule has 2 aliphatic rings. The van der Waals surface area contributed by atoms with Gasteiger partial charge in [0.2, 0.25) is 0 Å². The van der Waals surface area contributed by atoms with E-state index in [-0.39, 0.29) is 23.7 Å². The molecule has 0 N–H and O–H groups in total. The van der Waals surface area contributed by atoms with Gasteiger partial charge in [0.05, 0.1) is 30.5 Å². The predicted octanol–water partition coefficient (Wildman–Crippen LogP) is 4.63. The summed E-state index contributed by atoms with van der Waals surface area (Å²) in [5, 5.41) is 0. The van der Waals surface area contributed by atoms with Gasteiger partial charge in [0.1, 0.15) is 5.75 Å². The van der Waals surface area contributed by atoms with Gasteiger partial charge in [-0.15, -0.1) is 0 Å². The second-order valence-electron chi connectivity index (χ2n) is 8.21. The number of likely N-dealkylation sites (tertiary alicyclic amines) is 1. The predicted molar refractivity (Wildman–Crippen MR) is 116 cm³/mol. The Morgan fingerprint density at radius 2 is 1.80 bits per heavy atom. The molecule has 2 atom stereocenters. The molecule has 160 valence electrons. The highest BCUT2D eigenvalue weighted by molar-refractivity contribution is 5.97. The van der Waals surface area contributed by atoms with E-state index >= 15 is 0 Å². The summed E-state index contributed by atoms with van der Waals surface area (Å²) in [4.78, 5) is 15.0. The molecule has 2 aromatic carbocycles. The van der Waals surface area contributed by atoms with Gasteiger partial charge in [-0.1, -0.05) is 42.5 Å². The second kappa shape index (κ2) is 9.19. The highest BCUT2D eigenvalue weighted by Crippen LogP contribution is 2.44. The van der Waals surface area contributed by atoms with Crippen LogP contribution in [0.25, 0.3) is 0 Å². The van der Waals surface area contributed by atoms with Crippen molar-refractivity contribution in [2.45, 2.75) is 50.4 Å². The lowest BCUT2D eigenvalue weighted by Gasteiger charge is -2.48. The summed E-state index contributed by atoms with van der Waals surface area (Å²) >= 11 is 0. The van der Waals surface area contributed by atoms with E-state index in [1.807, 2.05) is 42.2 Å². The zero-order chi connectivity index (χ0) is 21.0. The van der Waals surface area contributed by atoms with E-state index in [9.17, 15) is 4.79 Å². The molecule has 5 nitrogen and oxygen atoms in total. The average molecular weight is 410 g/mol. The largest absolute Gasteiger partial charge is 0.496 e. The van der Waals surface area contributed by atoms with Gasteiger partial charge in [0.15, 0.2) is 0 Å². The molecular formula is C25H31NO4. The zero-order valence-electron chi connectivity index (χ0n) is 17.9. The Hall–Kier alpha value is -2.37. The van der Waals surface area contributed by atoms with Crippen molar-refractivity contribution in [3.05, 3.63) is 65.7 Å². The Morgan fingerprint density at radius 1 is 1.10 bits per heavy atom. The molecule has 0 radical (unpaired) electrons. The van der Waals surface area contributed by atoms with Crippen LogP contribution in [0.3, 0.4) is 0 Å². The summed E-state index contributed by atoms with van der Waals surface area (Å²) in [6.45, 7) is 4.11. The standard InChI is InChI=1S/C25H31NO4/c1-3-29-20-17-23(19-9-5-4-6-10-19)30-25(18-20)13-15-26(16-14-25)24(27)21-11-7-8-12-22(21)28-2/h4-12,20,23H,3,13-18H2,1-2H3. The summed E-state index contributed by atoms with van der Waals surface area (Å²) in [5.74, 6) is 0.649. The number of hydrogen-bond acceptors (Lipinski definition) is 4. The van der Waals surface area contributed by atoms with Crippen LogP contribution >= 0.6 is 0 Å². The average Bonchev–Trinajstić information content (AvgIpc) is 2.79. The van der Waals surface area contributed by atoms with Crippen LogP contribution in [0.1, 0.15) is 54.6 Å². The molecule has 4 rings (SSSR count). The van der Waals surface area contributed by atoms with Crippen molar-refractivity contribution in [2.75, 3.05) is 26.8 Å². The highest BCUT2D eigenvalue weighted by Gasteiger charge is 2.45. The van der Waals surface area contributed by atoms with Crippen LogP contribution < -0.4 is 4.74 Å². The molecule has 2 saturated heterocycles. The maximum atomic E-state index is 13.1. The molecule has 2 fully saturated rings. The van der Waals surface area contributed by atoms with Crippen molar-refractivity contribution >= 4 is 5.91 Å². The van der Waals surface area contributed by atoms with Gasteiger partial charge >= 0.3 is 0 Å². The lowest BCUT2D eigenvalue weighted by Crippen LogP contribution is -2.52. The van der Waals surface area contributed by atoms with Crippen molar-refractivity contribution in [1.82, 2.24) is 4.90 Å². The molecule has 30 heavy (non-hydrogen) atoms. The smallest absolute Gasteiger partial charge is 0.257 e. The Morgan fingerprint density at radius 3 is 2.50 bits per heavy atom. The van der Waals surface area contributed by atoms with Crippen LogP contribution in [-0.4, -0.2) is 49.3 Å². The first-order valence-electron chi connectivity index (χ1n) is 10.9. The molecule has 2 unspecified atom stereocenters. The van der Waals surface area contributed by atoms with Crippen molar-refractivity contribution < 1.29 is 19.0 Å². The van der Waals surface area contributed by atoms with Gasteiger partial charge in [-0.3, -0.25) is 4.79 Å². The van der Waals surface area contributed by atoms with Gasteiger partial charge in [0, 0.05) is 32.5 Å². The molecule has 1 spiro atoms. The fourth-order valence-electron chi connectivity index (χ4n) is 4.80. The number of carbonyl (C=O) groups is 1. The molecule has 0 aliphatic carbocycles. The molecule has 2 aliphatic heterocycles. The third-order valence-corrected chi connectivity index (χ3v) is 6.34. The van der Waals surface area contributed by atoms with Crippen LogP contribution in [0, 0.1) is 0 Å². The third-order valence-electron chi connectivity index (χ3n) is 6.34. The number of rotatable bonds is 5. The van der Waals surface area contributed by atoms with Crippen molar-refractivity contribution in [2.24, 2.45) is 0 Å². The van der Waals surface area contributed by atoms with E-state index in [1.165, 1.54) is 5.56 Å². The molecule has 5 heteroatoms. The molecule has 2 aromatic rings. The van der Waals surface area contributed by atoms with Crippen LogP contribution in [-0.2, 0) is 9.47 Å².